The number of hydrogen-bond acceptors (Lipinski definition) is 4. The van der Waals surface area contributed by atoms with Crippen molar-refractivity contribution in [1.82, 2.24) is 19.8 Å². The van der Waals surface area contributed by atoms with Gasteiger partial charge in [-0.15, -0.1) is 0 Å². The number of amides is 1. The largest absolute Gasteiger partial charge is 0.350 e. The molecule has 0 radical (unpaired) electrons. The van der Waals surface area contributed by atoms with Crippen molar-refractivity contribution in [2.75, 3.05) is 31.1 Å². The minimum absolute atomic E-state index is 0.00200. The van der Waals surface area contributed by atoms with Gasteiger partial charge in [0, 0.05) is 59.1 Å². The summed E-state index contributed by atoms with van der Waals surface area (Å²) in [6.07, 6.45) is 3.84. The van der Waals surface area contributed by atoms with E-state index in [0.29, 0.717) is 0 Å². The molecule has 1 aromatic heterocycles. The molecule has 0 bridgehead atoms. The van der Waals surface area contributed by atoms with Crippen molar-refractivity contribution in [2.45, 2.75) is 26.4 Å². The average Bonchev–Trinajstić information content (AvgIpc) is 3.02. The molecule has 1 aliphatic rings. The summed E-state index contributed by atoms with van der Waals surface area (Å²) in [5.41, 5.74) is 2.45. The third-order valence-electron chi connectivity index (χ3n) is 4.76. The molecule has 1 fully saturated rings. The number of benzene rings is 1. The van der Waals surface area contributed by atoms with Crippen LogP contribution < -0.4 is 10.2 Å². The lowest BCUT2D eigenvalue weighted by molar-refractivity contribution is -0.119. The fourth-order valence-electron chi connectivity index (χ4n) is 3.33. The highest BCUT2D eigenvalue weighted by Gasteiger charge is 2.19. The first-order valence-electron chi connectivity index (χ1n) is 8.83. The molecule has 1 saturated heterocycles. The first-order valence-corrected chi connectivity index (χ1v) is 8.83. The SMILES string of the molecule is CC(=O)NC(C)c1ccc(CN2CCN(c3nccn3C)CC2)cc1. The number of nitrogens with one attached hydrogen (secondary N) is 1. The quantitative estimate of drug-likeness (QED) is 0.903. The summed E-state index contributed by atoms with van der Waals surface area (Å²) >= 11 is 0. The lowest BCUT2D eigenvalue weighted by atomic mass is 10.1. The molecule has 6 nitrogen and oxygen atoms in total. The molecule has 2 heterocycles. The smallest absolute Gasteiger partial charge is 0.217 e. The van der Waals surface area contributed by atoms with Crippen LogP contribution in [0.15, 0.2) is 36.7 Å². The number of rotatable bonds is 5. The number of aromatic nitrogens is 2. The molecule has 3 rings (SSSR count). The monoisotopic (exact) mass is 341 g/mol. The summed E-state index contributed by atoms with van der Waals surface area (Å²) in [5.74, 6) is 1.05. The van der Waals surface area contributed by atoms with Crippen LogP contribution in [0.3, 0.4) is 0 Å². The van der Waals surface area contributed by atoms with E-state index in [4.69, 9.17) is 0 Å². The highest BCUT2D eigenvalue weighted by Crippen LogP contribution is 2.17. The van der Waals surface area contributed by atoms with Crippen LogP contribution in [-0.2, 0) is 18.4 Å². The molecule has 1 N–H and O–H groups in total. The molecule has 6 heteroatoms. The molecule has 0 aliphatic carbocycles. The number of hydrogen-bond donors (Lipinski definition) is 1. The molecule has 0 saturated carbocycles. The zero-order valence-electron chi connectivity index (χ0n) is 15.3. The van der Waals surface area contributed by atoms with Gasteiger partial charge in [-0.25, -0.2) is 4.98 Å². The molecule has 1 atom stereocenters. The molecule has 1 aliphatic heterocycles. The Labute approximate surface area is 149 Å². The van der Waals surface area contributed by atoms with E-state index in [1.807, 2.05) is 26.4 Å². The van der Waals surface area contributed by atoms with Crippen molar-refractivity contribution in [3.63, 3.8) is 0 Å². The lowest BCUT2D eigenvalue weighted by Gasteiger charge is -2.35. The number of anilines is 1. The van der Waals surface area contributed by atoms with Crippen molar-refractivity contribution < 1.29 is 4.79 Å². The van der Waals surface area contributed by atoms with Gasteiger partial charge in [0.2, 0.25) is 11.9 Å². The molecule has 0 spiro atoms. The number of piperazine rings is 1. The Balaban J connectivity index is 1.52. The van der Waals surface area contributed by atoms with Crippen LogP contribution in [0.1, 0.15) is 31.0 Å². The lowest BCUT2D eigenvalue weighted by Crippen LogP contribution is -2.46. The number of imidazole rings is 1. The highest BCUT2D eigenvalue weighted by molar-refractivity contribution is 5.73. The molecule has 25 heavy (non-hydrogen) atoms. The number of aryl methyl sites for hydroxylation is 1. The van der Waals surface area contributed by atoms with Gasteiger partial charge in [0.1, 0.15) is 0 Å². The van der Waals surface area contributed by atoms with Crippen LogP contribution in [0.2, 0.25) is 0 Å². The Kier molecular flexibility index (Phi) is 5.38. The van der Waals surface area contributed by atoms with E-state index in [1.54, 1.807) is 6.92 Å². The Hall–Kier alpha value is -2.34. The second-order valence-corrected chi connectivity index (χ2v) is 6.77. The number of carbonyl (C=O) groups excluding carboxylic acids is 1. The number of carbonyl (C=O) groups is 1. The van der Waals surface area contributed by atoms with E-state index >= 15 is 0 Å². The maximum Gasteiger partial charge on any atom is 0.217 e. The number of nitrogens with zero attached hydrogens (tertiary/aromatic N) is 4. The van der Waals surface area contributed by atoms with Gasteiger partial charge in [-0.05, 0) is 18.1 Å². The average molecular weight is 341 g/mol. The highest BCUT2D eigenvalue weighted by atomic mass is 16.1. The van der Waals surface area contributed by atoms with Gasteiger partial charge in [-0.1, -0.05) is 24.3 Å². The first-order chi connectivity index (χ1) is 12.0. The maximum absolute atomic E-state index is 11.2. The minimum Gasteiger partial charge on any atom is -0.350 e. The molecule has 1 unspecified atom stereocenters. The standard InChI is InChI=1S/C19H27N5O/c1-15(21-16(2)25)18-6-4-17(5-7-18)14-23-10-12-24(13-11-23)19-20-8-9-22(19)3/h4-9,15H,10-14H2,1-3H3,(H,21,25). The predicted molar refractivity (Wildman–Crippen MR) is 99.4 cm³/mol. The zero-order chi connectivity index (χ0) is 17.8. The van der Waals surface area contributed by atoms with Crippen LogP contribution in [0.5, 0.6) is 0 Å². The van der Waals surface area contributed by atoms with Crippen molar-refractivity contribution in [1.29, 1.82) is 0 Å². The van der Waals surface area contributed by atoms with Crippen molar-refractivity contribution in [2.24, 2.45) is 7.05 Å². The molecular weight excluding hydrogens is 314 g/mol. The third kappa shape index (κ3) is 4.39. The Morgan fingerprint density at radius 2 is 1.88 bits per heavy atom. The summed E-state index contributed by atoms with van der Waals surface area (Å²) in [6, 6.07) is 8.60. The van der Waals surface area contributed by atoms with E-state index in [2.05, 4.69) is 48.9 Å². The molecule has 1 aromatic carbocycles. The summed E-state index contributed by atoms with van der Waals surface area (Å²) in [5, 5.41) is 2.92. The van der Waals surface area contributed by atoms with Gasteiger partial charge < -0.3 is 14.8 Å². The third-order valence-corrected chi connectivity index (χ3v) is 4.76. The van der Waals surface area contributed by atoms with Crippen LogP contribution in [0.25, 0.3) is 0 Å². The van der Waals surface area contributed by atoms with E-state index < -0.39 is 0 Å². The molecule has 134 valence electrons. The van der Waals surface area contributed by atoms with Crippen molar-refractivity contribution >= 4 is 11.9 Å². The second-order valence-electron chi connectivity index (χ2n) is 6.77. The maximum atomic E-state index is 11.2. The van der Waals surface area contributed by atoms with Crippen molar-refractivity contribution in [3.05, 3.63) is 47.8 Å². The fraction of sp³-hybridized carbons (Fsp3) is 0.474. The van der Waals surface area contributed by atoms with Crippen LogP contribution in [0.4, 0.5) is 5.95 Å². The minimum atomic E-state index is 0.00200. The predicted octanol–water partition coefficient (Wildman–Crippen LogP) is 1.94. The fourth-order valence-corrected chi connectivity index (χ4v) is 3.33. The Bertz CT molecular complexity index is 701. The van der Waals surface area contributed by atoms with Gasteiger partial charge in [-0.2, -0.15) is 0 Å². The molecule has 1 amide bonds. The van der Waals surface area contributed by atoms with Crippen molar-refractivity contribution in [3.8, 4) is 0 Å². The Morgan fingerprint density at radius 1 is 1.20 bits per heavy atom. The van der Waals surface area contributed by atoms with Gasteiger partial charge in [0.05, 0.1) is 6.04 Å². The van der Waals surface area contributed by atoms with E-state index in [1.165, 1.54) is 5.56 Å². The van der Waals surface area contributed by atoms with Gasteiger partial charge in [0.15, 0.2) is 0 Å². The summed E-state index contributed by atoms with van der Waals surface area (Å²) in [6.45, 7) is 8.60. The zero-order valence-corrected chi connectivity index (χ0v) is 15.3. The van der Waals surface area contributed by atoms with Crippen LogP contribution in [0, 0.1) is 0 Å². The first kappa shape index (κ1) is 17.5. The van der Waals surface area contributed by atoms with E-state index in [-0.39, 0.29) is 11.9 Å². The van der Waals surface area contributed by atoms with E-state index in [0.717, 1.165) is 44.2 Å². The summed E-state index contributed by atoms with van der Waals surface area (Å²) in [4.78, 5) is 20.4. The molecular formula is C19H27N5O. The van der Waals surface area contributed by atoms with Crippen LogP contribution >= 0.6 is 0 Å². The van der Waals surface area contributed by atoms with E-state index in [9.17, 15) is 4.79 Å². The van der Waals surface area contributed by atoms with Gasteiger partial charge in [-0.3, -0.25) is 9.69 Å². The summed E-state index contributed by atoms with van der Waals surface area (Å²) < 4.78 is 2.07. The summed E-state index contributed by atoms with van der Waals surface area (Å²) in [7, 11) is 2.04. The topological polar surface area (TPSA) is 53.4 Å². The normalized spacial score (nSPS) is 16.7. The second kappa shape index (κ2) is 7.70. The van der Waals surface area contributed by atoms with Crippen LogP contribution in [-0.4, -0.2) is 46.5 Å². The van der Waals surface area contributed by atoms with Gasteiger partial charge in [0.25, 0.3) is 0 Å². The molecule has 2 aromatic rings. The van der Waals surface area contributed by atoms with Gasteiger partial charge >= 0.3 is 0 Å². The Morgan fingerprint density at radius 3 is 2.44 bits per heavy atom.